The van der Waals surface area contributed by atoms with Crippen molar-refractivity contribution in [1.82, 2.24) is 5.32 Å². The van der Waals surface area contributed by atoms with Gasteiger partial charge in [-0.05, 0) is 43.4 Å². The van der Waals surface area contributed by atoms with Gasteiger partial charge in [0.15, 0.2) is 0 Å². The fourth-order valence-corrected chi connectivity index (χ4v) is 3.19. The molecule has 0 unspecified atom stereocenters. The molecule has 0 radical (unpaired) electrons. The van der Waals surface area contributed by atoms with Gasteiger partial charge >= 0.3 is 0 Å². The molecule has 1 saturated heterocycles. The molecule has 1 fully saturated rings. The quantitative estimate of drug-likeness (QED) is 0.845. The Hall–Kier alpha value is -1.10. The van der Waals surface area contributed by atoms with Gasteiger partial charge in [0, 0.05) is 11.6 Å². The largest absolute Gasteiger partial charge is 0.364 e. The molecule has 3 N–H and O–H groups in total. The monoisotopic (exact) mass is 324 g/mol. The van der Waals surface area contributed by atoms with E-state index in [1.54, 1.807) is 0 Å². The van der Waals surface area contributed by atoms with Gasteiger partial charge in [-0.15, -0.1) is 0 Å². The van der Waals surface area contributed by atoms with Crippen LogP contribution in [0.4, 0.5) is 0 Å². The van der Waals surface area contributed by atoms with Gasteiger partial charge in [0.05, 0.1) is 11.6 Å². The molecule has 4 nitrogen and oxygen atoms in total. The Balaban J connectivity index is 2.14. The highest BCUT2D eigenvalue weighted by molar-refractivity contribution is 6.30. The molecular formula is C17H25ClN2O2. The number of halogens is 1. The highest BCUT2D eigenvalue weighted by Gasteiger charge is 2.36. The van der Waals surface area contributed by atoms with E-state index in [2.05, 4.69) is 19.2 Å². The summed E-state index contributed by atoms with van der Waals surface area (Å²) in [4.78, 5) is 12.6. The molecule has 0 aromatic heterocycles. The number of nitrogens with one attached hydrogen (secondary N) is 1. The average molecular weight is 325 g/mol. The average Bonchev–Trinajstić information content (AvgIpc) is 3.02. The van der Waals surface area contributed by atoms with Gasteiger partial charge in [0.2, 0.25) is 5.91 Å². The fourth-order valence-electron chi connectivity index (χ4n) is 3.06. The number of carbonyl (C=O) groups is 1. The molecule has 0 saturated carbocycles. The summed E-state index contributed by atoms with van der Waals surface area (Å²) >= 11 is 5.97. The fraction of sp³-hybridized carbons (Fsp3) is 0.588. The van der Waals surface area contributed by atoms with E-state index in [0.717, 1.165) is 31.2 Å². The summed E-state index contributed by atoms with van der Waals surface area (Å²) in [5, 5.41) is 3.90. The van der Waals surface area contributed by atoms with E-state index in [1.807, 2.05) is 24.3 Å². The molecule has 122 valence electrons. The van der Waals surface area contributed by atoms with Crippen LogP contribution >= 0.6 is 11.6 Å². The number of benzene rings is 1. The second-order valence-electron chi connectivity index (χ2n) is 5.85. The molecule has 22 heavy (non-hydrogen) atoms. The van der Waals surface area contributed by atoms with Crippen LogP contribution in [0.5, 0.6) is 0 Å². The van der Waals surface area contributed by atoms with Crippen molar-refractivity contribution in [2.75, 3.05) is 6.54 Å². The third-order valence-electron chi connectivity index (χ3n) is 4.63. The molecule has 0 spiro atoms. The van der Waals surface area contributed by atoms with Crippen LogP contribution in [0.25, 0.3) is 0 Å². The van der Waals surface area contributed by atoms with Crippen molar-refractivity contribution in [1.29, 1.82) is 0 Å². The van der Waals surface area contributed by atoms with Gasteiger partial charge in [0.1, 0.15) is 6.10 Å². The second-order valence-corrected chi connectivity index (χ2v) is 6.28. The molecule has 5 heteroatoms. The first-order chi connectivity index (χ1) is 10.5. The smallest absolute Gasteiger partial charge is 0.249 e. The number of nitrogens with two attached hydrogens (primary N) is 1. The first kappa shape index (κ1) is 17.3. The summed E-state index contributed by atoms with van der Waals surface area (Å²) < 4.78 is 5.70. The van der Waals surface area contributed by atoms with E-state index in [4.69, 9.17) is 22.1 Å². The van der Waals surface area contributed by atoms with Gasteiger partial charge in [-0.1, -0.05) is 37.6 Å². The minimum Gasteiger partial charge on any atom is -0.364 e. The van der Waals surface area contributed by atoms with Crippen LogP contribution in [0.1, 0.15) is 45.1 Å². The van der Waals surface area contributed by atoms with Crippen LogP contribution in [0.3, 0.4) is 0 Å². The zero-order valence-corrected chi connectivity index (χ0v) is 14.0. The maximum absolute atomic E-state index is 12.6. The molecule has 1 aliphatic rings. The maximum atomic E-state index is 12.6. The molecule has 2 atom stereocenters. The second kappa shape index (κ2) is 7.44. The summed E-state index contributed by atoms with van der Waals surface area (Å²) in [6.45, 7) is 4.63. The van der Waals surface area contributed by atoms with Gasteiger partial charge in [-0.3, -0.25) is 4.79 Å². The lowest BCUT2D eigenvalue weighted by Crippen LogP contribution is -2.49. The van der Waals surface area contributed by atoms with E-state index >= 15 is 0 Å². The summed E-state index contributed by atoms with van der Waals surface area (Å²) in [5.41, 5.74) is 6.30. The molecule has 1 aromatic rings. The Labute approximate surface area is 137 Å². The highest BCUT2D eigenvalue weighted by Crippen LogP contribution is 2.31. The van der Waals surface area contributed by atoms with E-state index in [0.29, 0.717) is 11.6 Å². The number of ether oxygens (including phenoxy) is 1. The third kappa shape index (κ3) is 3.62. The Morgan fingerprint density at radius 2 is 1.95 bits per heavy atom. The third-order valence-corrected chi connectivity index (χ3v) is 4.88. The van der Waals surface area contributed by atoms with Crippen molar-refractivity contribution in [3.8, 4) is 0 Å². The normalized spacial score (nSPS) is 21.8. The SMILES string of the molecule is CCC(CC)(NC(=O)[C@@H]1CC[C@H](CN)O1)c1ccc(Cl)cc1. The molecule has 1 aliphatic heterocycles. The lowest BCUT2D eigenvalue weighted by Gasteiger charge is -2.34. The highest BCUT2D eigenvalue weighted by atomic mass is 35.5. The van der Waals surface area contributed by atoms with Gasteiger partial charge in [-0.25, -0.2) is 0 Å². The Morgan fingerprint density at radius 3 is 2.45 bits per heavy atom. The number of carbonyl (C=O) groups excluding carboxylic acids is 1. The van der Waals surface area contributed by atoms with Gasteiger partial charge < -0.3 is 15.8 Å². The minimum absolute atomic E-state index is 0.00364. The van der Waals surface area contributed by atoms with E-state index in [9.17, 15) is 4.79 Å². The standard InChI is InChI=1S/C17H25ClN2O2/c1-3-17(4-2,12-5-7-13(18)8-6-12)20-16(21)15-10-9-14(11-19)22-15/h5-8,14-15H,3-4,9-11,19H2,1-2H3,(H,20,21)/t14-,15+/m1/s1. The predicted octanol–water partition coefficient (Wildman–Crippen LogP) is 2.98. The molecular weight excluding hydrogens is 300 g/mol. The van der Waals surface area contributed by atoms with E-state index < -0.39 is 6.10 Å². The number of rotatable bonds is 6. The van der Waals surface area contributed by atoms with Crippen LogP contribution in [-0.4, -0.2) is 24.7 Å². The van der Waals surface area contributed by atoms with Crippen molar-refractivity contribution < 1.29 is 9.53 Å². The van der Waals surface area contributed by atoms with Gasteiger partial charge in [-0.2, -0.15) is 0 Å². The molecule has 0 aliphatic carbocycles. The number of amides is 1. The van der Waals surface area contributed by atoms with Crippen molar-refractivity contribution in [2.45, 2.75) is 57.3 Å². The van der Waals surface area contributed by atoms with Crippen molar-refractivity contribution in [2.24, 2.45) is 5.73 Å². The topological polar surface area (TPSA) is 64.4 Å². The lowest BCUT2D eigenvalue weighted by atomic mass is 9.84. The summed E-state index contributed by atoms with van der Waals surface area (Å²) in [5.74, 6) is -0.0467. The zero-order valence-electron chi connectivity index (χ0n) is 13.3. The van der Waals surface area contributed by atoms with Crippen LogP contribution < -0.4 is 11.1 Å². The predicted molar refractivity (Wildman–Crippen MR) is 88.8 cm³/mol. The van der Waals surface area contributed by atoms with Gasteiger partial charge in [0.25, 0.3) is 0 Å². The zero-order chi connectivity index (χ0) is 16.2. The van der Waals surface area contributed by atoms with E-state index in [1.165, 1.54) is 0 Å². The molecule has 0 bridgehead atoms. The van der Waals surface area contributed by atoms with E-state index in [-0.39, 0.29) is 17.6 Å². The van der Waals surface area contributed by atoms with Crippen molar-refractivity contribution >= 4 is 17.5 Å². The lowest BCUT2D eigenvalue weighted by molar-refractivity contribution is -0.134. The Kier molecular flexibility index (Phi) is 5.84. The summed E-state index contributed by atoms with van der Waals surface area (Å²) in [6.07, 6.45) is 2.81. The van der Waals surface area contributed by atoms with Crippen LogP contribution in [0.15, 0.2) is 24.3 Å². The van der Waals surface area contributed by atoms with Crippen molar-refractivity contribution in [3.05, 3.63) is 34.9 Å². The van der Waals surface area contributed by atoms with Crippen LogP contribution in [-0.2, 0) is 15.1 Å². The minimum atomic E-state index is -0.390. The maximum Gasteiger partial charge on any atom is 0.249 e. The van der Waals surface area contributed by atoms with Crippen molar-refractivity contribution in [3.63, 3.8) is 0 Å². The molecule has 1 amide bonds. The first-order valence-corrected chi connectivity index (χ1v) is 8.36. The molecule has 2 rings (SSSR count). The van der Waals surface area contributed by atoms with Crippen LogP contribution in [0.2, 0.25) is 5.02 Å². The number of hydrogen-bond donors (Lipinski definition) is 2. The Morgan fingerprint density at radius 1 is 1.32 bits per heavy atom. The first-order valence-electron chi connectivity index (χ1n) is 7.98. The number of hydrogen-bond acceptors (Lipinski definition) is 3. The molecule has 1 heterocycles. The van der Waals surface area contributed by atoms with Crippen LogP contribution in [0, 0.1) is 0 Å². The summed E-state index contributed by atoms with van der Waals surface area (Å²) in [7, 11) is 0. The Bertz CT molecular complexity index is 500. The summed E-state index contributed by atoms with van der Waals surface area (Å²) in [6, 6.07) is 7.68. The molecule has 1 aromatic carbocycles.